The Bertz CT molecular complexity index is 529. The molecule has 1 fully saturated rings. The fourth-order valence-electron chi connectivity index (χ4n) is 2.90. The average Bonchev–Trinajstić information content (AvgIpc) is 2.60. The smallest absolute Gasteiger partial charge is 0.315 e. The summed E-state index contributed by atoms with van der Waals surface area (Å²) in [5.41, 5.74) is 6.17. The van der Waals surface area contributed by atoms with E-state index >= 15 is 0 Å². The molecule has 1 aliphatic rings. The predicted octanol–water partition coefficient (Wildman–Crippen LogP) is 1.03. The highest BCUT2D eigenvalue weighted by Gasteiger charge is 2.22. The van der Waals surface area contributed by atoms with Crippen LogP contribution in [0.15, 0.2) is 24.4 Å². The van der Waals surface area contributed by atoms with Crippen molar-refractivity contribution in [3.8, 4) is 0 Å². The number of primary amides is 1. The number of likely N-dealkylation sites (tertiary alicyclic amines) is 1. The van der Waals surface area contributed by atoms with Crippen molar-refractivity contribution in [3.63, 3.8) is 0 Å². The number of hydrogen-bond acceptors (Lipinski definition) is 4. The summed E-state index contributed by atoms with van der Waals surface area (Å²) in [5, 5.41) is 5.75. The normalized spacial score (nSPS) is 17.2. The van der Waals surface area contributed by atoms with E-state index in [1.54, 1.807) is 6.20 Å². The van der Waals surface area contributed by atoms with E-state index in [9.17, 15) is 9.59 Å². The molecular weight excluding hydrogens is 306 g/mol. The zero-order chi connectivity index (χ0) is 17.4. The van der Waals surface area contributed by atoms with Crippen LogP contribution in [-0.4, -0.2) is 48.0 Å². The van der Waals surface area contributed by atoms with Gasteiger partial charge in [0.2, 0.25) is 5.91 Å². The summed E-state index contributed by atoms with van der Waals surface area (Å²) in [6.07, 6.45) is 4.27. The van der Waals surface area contributed by atoms with Crippen LogP contribution in [0.1, 0.15) is 37.9 Å². The third kappa shape index (κ3) is 5.81. The van der Waals surface area contributed by atoms with Gasteiger partial charge in [0.1, 0.15) is 0 Å². The maximum atomic E-state index is 11.9. The van der Waals surface area contributed by atoms with Gasteiger partial charge in [-0.3, -0.25) is 9.78 Å². The molecule has 1 aliphatic heterocycles. The maximum absolute atomic E-state index is 11.9. The van der Waals surface area contributed by atoms with E-state index in [1.165, 1.54) is 0 Å². The molecule has 1 aromatic heterocycles. The Hall–Kier alpha value is -2.15. The number of carbonyl (C=O) groups is 2. The molecule has 0 saturated carbocycles. The lowest BCUT2D eigenvalue weighted by Crippen LogP contribution is -2.41. The first-order valence-electron chi connectivity index (χ1n) is 8.53. The van der Waals surface area contributed by atoms with E-state index in [0.29, 0.717) is 6.54 Å². The first-order valence-corrected chi connectivity index (χ1v) is 8.53. The number of amides is 3. The zero-order valence-corrected chi connectivity index (χ0v) is 14.2. The first-order chi connectivity index (χ1) is 11.6. The molecule has 0 bridgehead atoms. The van der Waals surface area contributed by atoms with Gasteiger partial charge >= 0.3 is 6.03 Å². The van der Waals surface area contributed by atoms with E-state index in [4.69, 9.17) is 5.73 Å². The van der Waals surface area contributed by atoms with Gasteiger partial charge in [-0.05, 0) is 58.0 Å². The van der Waals surface area contributed by atoms with Gasteiger partial charge in [0, 0.05) is 18.7 Å². The molecule has 7 heteroatoms. The van der Waals surface area contributed by atoms with Crippen LogP contribution in [0.25, 0.3) is 0 Å². The van der Waals surface area contributed by atoms with Gasteiger partial charge in [0.15, 0.2) is 0 Å². The minimum atomic E-state index is -0.185. The van der Waals surface area contributed by atoms with E-state index in [-0.39, 0.29) is 23.9 Å². The summed E-state index contributed by atoms with van der Waals surface area (Å²) >= 11 is 0. The van der Waals surface area contributed by atoms with Gasteiger partial charge in [0.25, 0.3) is 0 Å². The molecule has 0 unspecified atom stereocenters. The number of pyridine rings is 1. The highest BCUT2D eigenvalue weighted by atomic mass is 16.2. The van der Waals surface area contributed by atoms with Crippen molar-refractivity contribution >= 4 is 11.9 Å². The fraction of sp³-hybridized carbons (Fsp3) is 0.588. The van der Waals surface area contributed by atoms with Gasteiger partial charge < -0.3 is 21.3 Å². The van der Waals surface area contributed by atoms with E-state index < -0.39 is 0 Å². The van der Waals surface area contributed by atoms with Crippen LogP contribution in [0.4, 0.5) is 4.79 Å². The van der Waals surface area contributed by atoms with Crippen LogP contribution < -0.4 is 16.4 Å². The molecule has 1 aromatic rings. The average molecular weight is 333 g/mol. The number of urea groups is 1. The van der Waals surface area contributed by atoms with Crippen molar-refractivity contribution in [1.29, 1.82) is 0 Å². The van der Waals surface area contributed by atoms with Crippen molar-refractivity contribution < 1.29 is 9.59 Å². The number of rotatable bonds is 7. The number of piperidine rings is 1. The summed E-state index contributed by atoms with van der Waals surface area (Å²) in [6.45, 7) is 5.25. The molecule has 0 aliphatic carbocycles. The lowest BCUT2D eigenvalue weighted by atomic mass is 9.96. The molecule has 3 amide bonds. The highest BCUT2D eigenvalue weighted by molar-refractivity contribution is 5.76. The van der Waals surface area contributed by atoms with Gasteiger partial charge in [0.05, 0.1) is 11.7 Å². The van der Waals surface area contributed by atoms with Crippen molar-refractivity contribution in [2.75, 3.05) is 26.2 Å². The third-order valence-electron chi connectivity index (χ3n) is 4.41. The molecule has 24 heavy (non-hydrogen) atoms. The highest BCUT2D eigenvalue weighted by Crippen LogP contribution is 2.16. The van der Waals surface area contributed by atoms with Crippen molar-refractivity contribution in [2.45, 2.75) is 32.2 Å². The van der Waals surface area contributed by atoms with Crippen LogP contribution in [0.5, 0.6) is 0 Å². The van der Waals surface area contributed by atoms with Gasteiger partial charge in [-0.25, -0.2) is 4.79 Å². The lowest BCUT2D eigenvalue weighted by molar-refractivity contribution is -0.123. The summed E-state index contributed by atoms with van der Waals surface area (Å²) in [5.74, 6) is -0.159. The van der Waals surface area contributed by atoms with Gasteiger partial charge in [-0.2, -0.15) is 0 Å². The molecule has 0 spiro atoms. The fourth-order valence-corrected chi connectivity index (χ4v) is 2.90. The summed E-state index contributed by atoms with van der Waals surface area (Å²) in [6, 6.07) is 5.34. The topological polar surface area (TPSA) is 100 Å². The molecule has 2 heterocycles. The number of nitrogens with zero attached hydrogens (tertiary/aromatic N) is 2. The number of aromatic nitrogens is 1. The summed E-state index contributed by atoms with van der Waals surface area (Å²) in [4.78, 5) is 29.6. The van der Waals surface area contributed by atoms with Gasteiger partial charge in [-0.1, -0.05) is 6.07 Å². The largest absolute Gasteiger partial charge is 0.369 e. The van der Waals surface area contributed by atoms with Crippen molar-refractivity contribution in [2.24, 2.45) is 11.7 Å². The van der Waals surface area contributed by atoms with E-state index in [1.807, 2.05) is 25.1 Å². The number of carbonyl (C=O) groups excluding carboxylic acids is 2. The quantitative estimate of drug-likeness (QED) is 0.649. The molecular formula is C17H27N5O2. The second-order valence-electron chi connectivity index (χ2n) is 6.25. The van der Waals surface area contributed by atoms with E-state index in [2.05, 4.69) is 20.5 Å². The Morgan fingerprint density at radius 2 is 2.12 bits per heavy atom. The molecule has 1 atom stereocenters. The monoisotopic (exact) mass is 333 g/mol. The van der Waals surface area contributed by atoms with Crippen LogP contribution in [-0.2, 0) is 4.79 Å². The molecule has 7 nitrogen and oxygen atoms in total. The Kier molecular flexibility index (Phi) is 6.99. The van der Waals surface area contributed by atoms with Crippen molar-refractivity contribution in [3.05, 3.63) is 30.1 Å². The third-order valence-corrected chi connectivity index (χ3v) is 4.41. The number of nitrogens with two attached hydrogens (primary N) is 1. The van der Waals surface area contributed by atoms with Crippen LogP contribution in [0, 0.1) is 5.92 Å². The molecule has 0 radical (unpaired) electrons. The first kappa shape index (κ1) is 18.2. The van der Waals surface area contributed by atoms with Crippen LogP contribution in [0.2, 0.25) is 0 Å². The Morgan fingerprint density at radius 1 is 1.38 bits per heavy atom. The summed E-state index contributed by atoms with van der Waals surface area (Å²) in [7, 11) is 0. The standard InChI is InChI=1S/C17H27N5O2/c1-13(15-5-2-3-8-19-15)21-17(24)20-9-4-10-22-11-6-14(7-12-22)16(18)23/h2-3,5,8,13-14H,4,6-7,9-12H2,1H3,(H2,18,23)(H2,20,21,24)/t13-/m0/s1. The second kappa shape index (κ2) is 9.22. The van der Waals surface area contributed by atoms with E-state index in [0.717, 1.165) is 44.6 Å². The number of hydrogen-bond donors (Lipinski definition) is 3. The van der Waals surface area contributed by atoms with Crippen LogP contribution in [0.3, 0.4) is 0 Å². The molecule has 132 valence electrons. The second-order valence-corrected chi connectivity index (χ2v) is 6.25. The predicted molar refractivity (Wildman–Crippen MR) is 92.2 cm³/mol. The lowest BCUT2D eigenvalue weighted by Gasteiger charge is -2.30. The van der Waals surface area contributed by atoms with Gasteiger partial charge in [-0.15, -0.1) is 0 Å². The minimum absolute atomic E-state index is 0.0261. The van der Waals surface area contributed by atoms with Crippen LogP contribution >= 0.6 is 0 Å². The Labute approximate surface area is 143 Å². The molecule has 2 rings (SSSR count). The molecule has 0 aromatic carbocycles. The maximum Gasteiger partial charge on any atom is 0.315 e. The molecule has 4 N–H and O–H groups in total. The number of nitrogens with one attached hydrogen (secondary N) is 2. The SMILES string of the molecule is C[C@H](NC(=O)NCCCN1CCC(C(N)=O)CC1)c1ccccn1. The zero-order valence-electron chi connectivity index (χ0n) is 14.2. The Balaban J connectivity index is 1.57. The van der Waals surface area contributed by atoms with Crippen molar-refractivity contribution in [1.82, 2.24) is 20.5 Å². The Morgan fingerprint density at radius 3 is 2.75 bits per heavy atom. The summed E-state index contributed by atoms with van der Waals surface area (Å²) < 4.78 is 0. The molecule has 1 saturated heterocycles. The minimum Gasteiger partial charge on any atom is -0.369 e.